The Morgan fingerprint density at radius 2 is 1.86 bits per heavy atom. The van der Waals surface area contributed by atoms with Gasteiger partial charge < -0.3 is 26.2 Å². The van der Waals surface area contributed by atoms with Crippen molar-refractivity contribution < 1.29 is 14.6 Å². The minimum absolute atomic E-state index is 0.106. The number of rotatable bonds is 8. The summed E-state index contributed by atoms with van der Waals surface area (Å²) >= 11 is 0. The number of aliphatic hydroxyl groups excluding tert-OH is 1. The molecule has 0 saturated heterocycles. The number of ether oxygens (including phenoxy) is 1. The number of aliphatic hydroxyl groups is 1. The Labute approximate surface area is 211 Å². The van der Waals surface area contributed by atoms with E-state index in [0.29, 0.717) is 41.2 Å². The standard InChI is InChI=1S/C25H26N6O3.C2H6/c1-34-20-5-3-2-4-19(20)25(33)28-13-15-6-8-16(9-7-15)22(26)21-23(27)29-14-30-24(21)31-17-10-11-18(32)12-17;1-2/h2-11,14,17-18,26,32H,12-13H2,1H3,(H,28,33)(H3,27,29,30,31);1-2H3. The van der Waals surface area contributed by atoms with Crippen LogP contribution >= 0.6 is 0 Å². The maximum absolute atomic E-state index is 12.5. The number of aromatic nitrogens is 2. The van der Waals surface area contributed by atoms with Crippen LogP contribution in [0.25, 0.3) is 0 Å². The number of nitrogens with two attached hydrogens (primary N) is 1. The van der Waals surface area contributed by atoms with E-state index in [2.05, 4.69) is 20.6 Å². The second kappa shape index (κ2) is 12.5. The lowest BCUT2D eigenvalue weighted by Gasteiger charge is -2.17. The van der Waals surface area contributed by atoms with Crippen molar-refractivity contribution in [3.63, 3.8) is 0 Å². The molecule has 0 saturated carbocycles. The van der Waals surface area contributed by atoms with Crippen LogP contribution < -0.4 is 21.1 Å². The van der Waals surface area contributed by atoms with E-state index < -0.39 is 6.10 Å². The number of hydrogen-bond donors (Lipinski definition) is 5. The van der Waals surface area contributed by atoms with Gasteiger partial charge in [-0.2, -0.15) is 0 Å². The molecule has 0 fully saturated rings. The van der Waals surface area contributed by atoms with E-state index in [1.165, 1.54) is 13.4 Å². The molecule has 3 aromatic rings. The Morgan fingerprint density at radius 1 is 1.14 bits per heavy atom. The average Bonchev–Trinajstić information content (AvgIpc) is 3.32. The fraction of sp³-hybridized carbons (Fsp3) is 0.259. The van der Waals surface area contributed by atoms with Gasteiger partial charge >= 0.3 is 0 Å². The van der Waals surface area contributed by atoms with Crippen LogP contribution in [0.5, 0.6) is 5.75 Å². The van der Waals surface area contributed by atoms with Crippen molar-refractivity contribution in [2.24, 2.45) is 0 Å². The number of nitrogen functional groups attached to an aromatic ring is 1. The van der Waals surface area contributed by atoms with Gasteiger partial charge in [-0.05, 0) is 17.7 Å². The Hall–Kier alpha value is -4.24. The zero-order valence-electron chi connectivity index (χ0n) is 20.7. The summed E-state index contributed by atoms with van der Waals surface area (Å²) in [5.41, 5.74) is 8.64. The second-order valence-electron chi connectivity index (χ2n) is 7.88. The number of amides is 1. The van der Waals surface area contributed by atoms with Gasteiger partial charge in [0, 0.05) is 24.6 Å². The SMILES string of the molecule is CC.COc1ccccc1C(=O)NCc1ccc(C(=N)c2c(N)ncnc2NC2C=CC(O)C2)cc1. The predicted octanol–water partition coefficient (Wildman–Crippen LogP) is 3.54. The highest BCUT2D eigenvalue weighted by atomic mass is 16.5. The number of anilines is 2. The normalized spacial score (nSPS) is 16.0. The summed E-state index contributed by atoms with van der Waals surface area (Å²) in [7, 11) is 1.53. The van der Waals surface area contributed by atoms with Gasteiger partial charge in [0.05, 0.1) is 30.1 Å². The minimum atomic E-state index is -0.504. The Balaban J connectivity index is 0.00000176. The van der Waals surface area contributed by atoms with Crippen LogP contribution in [0.4, 0.5) is 11.6 Å². The molecule has 36 heavy (non-hydrogen) atoms. The van der Waals surface area contributed by atoms with E-state index in [1.54, 1.807) is 36.4 Å². The van der Waals surface area contributed by atoms with E-state index in [0.717, 1.165) is 5.56 Å². The van der Waals surface area contributed by atoms with Crippen LogP contribution in [0, 0.1) is 5.41 Å². The van der Waals surface area contributed by atoms with Crippen LogP contribution in [0.1, 0.15) is 47.3 Å². The molecule has 1 aliphatic carbocycles. The maximum Gasteiger partial charge on any atom is 0.255 e. The van der Waals surface area contributed by atoms with Gasteiger partial charge in [0.25, 0.3) is 5.91 Å². The Bertz CT molecular complexity index is 1230. The largest absolute Gasteiger partial charge is 0.496 e. The molecule has 0 bridgehead atoms. The number of nitrogens with one attached hydrogen (secondary N) is 3. The number of benzene rings is 2. The van der Waals surface area contributed by atoms with Crippen LogP contribution in [0.15, 0.2) is 67.0 Å². The number of para-hydroxylation sites is 1. The lowest BCUT2D eigenvalue weighted by atomic mass is 10.0. The third-order valence-electron chi connectivity index (χ3n) is 5.56. The van der Waals surface area contributed by atoms with Gasteiger partial charge in [-0.1, -0.05) is 62.4 Å². The summed E-state index contributed by atoms with van der Waals surface area (Å²) in [6.07, 6.45) is 4.95. The van der Waals surface area contributed by atoms with Gasteiger partial charge in [-0.3, -0.25) is 10.2 Å². The Kier molecular flexibility index (Phi) is 9.13. The molecule has 1 heterocycles. The smallest absolute Gasteiger partial charge is 0.255 e. The first-order valence-corrected chi connectivity index (χ1v) is 11.8. The summed E-state index contributed by atoms with van der Waals surface area (Å²) in [5.74, 6) is 0.913. The highest BCUT2D eigenvalue weighted by molar-refractivity contribution is 6.16. The molecule has 9 nitrogen and oxygen atoms in total. The van der Waals surface area contributed by atoms with E-state index in [-0.39, 0.29) is 23.5 Å². The first-order valence-electron chi connectivity index (χ1n) is 11.8. The van der Waals surface area contributed by atoms with Crippen molar-refractivity contribution in [2.75, 3.05) is 18.2 Å². The van der Waals surface area contributed by atoms with Crippen molar-refractivity contribution >= 4 is 23.3 Å². The molecule has 0 radical (unpaired) electrons. The number of nitrogens with zero attached hydrogens (tertiary/aromatic N) is 2. The van der Waals surface area contributed by atoms with Gasteiger partial charge in [0.1, 0.15) is 23.7 Å². The van der Waals surface area contributed by atoms with Crippen molar-refractivity contribution in [1.29, 1.82) is 5.41 Å². The molecule has 188 valence electrons. The van der Waals surface area contributed by atoms with E-state index in [1.807, 2.05) is 38.1 Å². The fourth-order valence-electron chi connectivity index (χ4n) is 3.76. The van der Waals surface area contributed by atoms with Crippen molar-refractivity contribution in [3.05, 3.63) is 89.3 Å². The van der Waals surface area contributed by atoms with Crippen molar-refractivity contribution in [2.45, 2.75) is 39.0 Å². The highest BCUT2D eigenvalue weighted by Crippen LogP contribution is 2.25. The summed E-state index contributed by atoms with van der Waals surface area (Å²) in [6.45, 7) is 4.32. The molecule has 2 unspecified atom stereocenters. The van der Waals surface area contributed by atoms with Crippen molar-refractivity contribution in [3.8, 4) is 5.75 Å². The first kappa shape index (κ1) is 26.4. The van der Waals surface area contributed by atoms with Crippen LogP contribution in [-0.4, -0.2) is 45.9 Å². The van der Waals surface area contributed by atoms with Gasteiger partial charge in [-0.15, -0.1) is 0 Å². The van der Waals surface area contributed by atoms with E-state index in [9.17, 15) is 9.90 Å². The molecule has 0 aliphatic heterocycles. The van der Waals surface area contributed by atoms with Crippen LogP contribution in [-0.2, 0) is 6.54 Å². The van der Waals surface area contributed by atoms with Crippen LogP contribution in [0.2, 0.25) is 0 Å². The summed E-state index contributed by atoms with van der Waals surface area (Å²) in [6, 6.07) is 14.2. The molecule has 4 rings (SSSR count). The summed E-state index contributed by atoms with van der Waals surface area (Å²) in [4.78, 5) is 20.8. The highest BCUT2D eigenvalue weighted by Gasteiger charge is 2.21. The van der Waals surface area contributed by atoms with Gasteiger partial charge in [0.2, 0.25) is 0 Å². The molecule has 9 heteroatoms. The molecule has 6 N–H and O–H groups in total. The maximum atomic E-state index is 12.5. The summed E-state index contributed by atoms with van der Waals surface area (Å²) < 4.78 is 5.24. The van der Waals surface area contributed by atoms with Gasteiger partial charge in [-0.25, -0.2) is 9.97 Å². The monoisotopic (exact) mass is 488 g/mol. The quantitative estimate of drug-likeness (QED) is 0.241. The fourth-order valence-corrected chi connectivity index (χ4v) is 3.76. The van der Waals surface area contributed by atoms with Gasteiger partial charge in [0.15, 0.2) is 0 Å². The third-order valence-corrected chi connectivity index (χ3v) is 5.56. The topological polar surface area (TPSA) is 146 Å². The molecule has 1 aromatic heterocycles. The molecule has 1 aliphatic rings. The average molecular weight is 489 g/mol. The van der Waals surface area contributed by atoms with Crippen molar-refractivity contribution in [1.82, 2.24) is 15.3 Å². The minimum Gasteiger partial charge on any atom is -0.496 e. The predicted molar refractivity (Wildman–Crippen MR) is 142 cm³/mol. The molecular weight excluding hydrogens is 456 g/mol. The lowest BCUT2D eigenvalue weighted by molar-refractivity contribution is 0.0948. The second-order valence-corrected chi connectivity index (χ2v) is 7.88. The Morgan fingerprint density at radius 3 is 2.53 bits per heavy atom. The zero-order valence-corrected chi connectivity index (χ0v) is 20.7. The first-order chi connectivity index (χ1) is 17.5. The lowest BCUT2D eigenvalue weighted by Crippen LogP contribution is -2.23. The molecule has 1 amide bonds. The van der Waals surface area contributed by atoms with E-state index in [4.69, 9.17) is 15.9 Å². The van der Waals surface area contributed by atoms with E-state index >= 15 is 0 Å². The number of methoxy groups -OCH3 is 1. The van der Waals surface area contributed by atoms with Crippen LogP contribution in [0.3, 0.4) is 0 Å². The molecule has 2 aromatic carbocycles. The number of carbonyl (C=O) groups excluding carboxylic acids is 1. The summed E-state index contributed by atoms with van der Waals surface area (Å²) in [5, 5.41) is 24.5. The molecule has 0 spiro atoms. The zero-order chi connectivity index (χ0) is 26.1. The molecule has 2 atom stereocenters. The molecular formula is C27H32N6O3. The number of hydrogen-bond acceptors (Lipinski definition) is 8. The number of carbonyl (C=O) groups is 1. The third kappa shape index (κ3) is 6.25.